The molecule has 1 atom stereocenters. The molecule has 2 aromatic heterocycles. The minimum atomic E-state index is -0.00508. The van der Waals surface area contributed by atoms with Gasteiger partial charge in [-0.15, -0.1) is 21.5 Å². The molecule has 0 radical (unpaired) electrons. The van der Waals surface area contributed by atoms with Crippen LogP contribution >= 0.6 is 34.4 Å². The largest absolute Gasteiger partial charge is 0.348 e. The lowest BCUT2D eigenvalue weighted by atomic mass is 10.2. The van der Waals surface area contributed by atoms with Crippen molar-refractivity contribution in [3.05, 3.63) is 52.2 Å². The van der Waals surface area contributed by atoms with Crippen LogP contribution in [0.1, 0.15) is 23.4 Å². The number of nitrogens with one attached hydrogen (secondary N) is 2. The molecule has 8 heteroatoms. The number of amides is 1. The second-order valence-electron chi connectivity index (χ2n) is 5.41. The summed E-state index contributed by atoms with van der Waals surface area (Å²) in [6.45, 7) is 4.03. The Bertz CT molecular complexity index is 832. The van der Waals surface area contributed by atoms with Gasteiger partial charge in [-0.05, 0) is 36.9 Å². The maximum absolute atomic E-state index is 12.1. The molecule has 2 N–H and O–H groups in total. The fourth-order valence-corrected chi connectivity index (χ4v) is 4.48. The Morgan fingerprint density at radius 1 is 1.24 bits per heavy atom. The van der Waals surface area contributed by atoms with E-state index in [9.17, 15) is 4.79 Å². The van der Waals surface area contributed by atoms with Crippen molar-refractivity contribution in [1.29, 1.82) is 0 Å². The second kappa shape index (κ2) is 8.46. The molecule has 3 rings (SSSR count). The first-order chi connectivity index (χ1) is 12.1. The standard InChI is InChI=1S/C17H18N4OS3/c1-11-6-3-4-7-13(11)19-16-20-21-17(25-16)24-10-15(22)18-12(2)14-8-5-9-23-14/h3-9,12H,10H2,1-2H3,(H,18,22)(H,19,20)/t12-/m0/s1. The number of aromatic nitrogens is 2. The molecule has 0 saturated heterocycles. The molecule has 3 aromatic rings. The number of carbonyl (C=O) groups is 1. The number of hydrogen-bond donors (Lipinski definition) is 2. The van der Waals surface area contributed by atoms with Crippen LogP contribution in [-0.4, -0.2) is 21.9 Å². The molecule has 25 heavy (non-hydrogen) atoms. The zero-order valence-electron chi connectivity index (χ0n) is 13.9. The summed E-state index contributed by atoms with van der Waals surface area (Å²) in [5.74, 6) is 0.323. The monoisotopic (exact) mass is 390 g/mol. The molecule has 0 aliphatic heterocycles. The summed E-state index contributed by atoms with van der Waals surface area (Å²) in [6.07, 6.45) is 0. The minimum Gasteiger partial charge on any atom is -0.348 e. The molecule has 0 aliphatic carbocycles. The SMILES string of the molecule is Cc1ccccc1Nc1nnc(SCC(=O)N[C@@H](C)c2cccs2)s1. The van der Waals surface area contributed by atoms with Gasteiger partial charge in [0.05, 0.1) is 11.8 Å². The first-order valence-corrected chi connectivity index (χ1v) is 10.4. The molecule has 0 aliphatic rings. The summed E-state index contributed by atoms with van der Waals surface area (Å²) >= 11 is 4.49. The smallest absolute Gasteiger partial charge is 0.230 e. The third-order valence-corrected chi connectivity index (χ3v) is 6.49. The number of aryl methyl sites for hydroxylation is 1. The van der Waals surface area contributed by atoms with Crippen molar-refractivity contribution in [3.63, 3.8) is 0 Å². The highest BCUT2D eigenvalue weighted by atomic mass is 32.2. The summed E-state index contributed by atoms with van der Waals surface area (Å²) in [6, 6.07) is 12.1. The molecule has 1 aromatic carbocycles. The molecular formula is C17H18N4OS3. The van der Waals surface area contributed by atoms with Crippen LogP contribution in [0.3, 0.4) is 0 Å². The van der Waals surface area contributed by atoms with Crippen LogP contribution < -0.4 is 10.6 Å². The number of rotatable bonds is 7. The van der Waals surface area contributed by atoms with E-state index >= 15 is 0 Å². The maximum atomic E-state index is 12.1. The highest BCUT2D eigenvalue weighted by Gasteiger charge is 2.12. The van der Waals surface area contributed by atoms with E-state index in [4.69, 9.17) is 0 Å². The number of anilines is 2. The first kappa shape index (κ1) is 17.9. The highest BCUT2D eigenvalue weighted by molar-refractivity contribution is 8.01. The van der Waals surface area contributed by atoms with Gasteiger partial charge >= 0.3 is 0 Å². The number of para-hydroxylation sites is 1. The minimum absolute atomic E-state index is 0.00508. The van der Waals surface area contributed by atoms with E-state index < -0.39 is 0 Å². The lowest BCUT2D eigenvalue weighted by Gasteiger charge is -2.11. The fourth-order valence-electron chi connectivity index (χ4n) is 2.17. The van der Waals surface area contributed by atoms with Gasteiger partial charge in [-0.3, -0.25) is 4.79 Å². The van der Waals surface area contributed by atoms with E-state index in [1.165, 1.54) is 23.1 Å². The second-order valence-corrected chi connectivity index (χ2v) is 8.59. The number of hydrogen-bond acceptors (Lipinski definition) is 7. The molecule has 0 bridgehead atoms. The van der Waals surface area contributed by atoms with Gasteiger partial charge in [0.15, 0.2) is 4.34 Å². The number of thioether (sulfide) groups is 1. The van der Waals surface area contributed by atoms with E-state index in [0.29, 0.717) is 5.75 Å². The summed E-state index contributed by atoms with van der Waals surface area (Å²) < 4.78 is 0.773. The van der Waals surface area contributed by atoms with Crippen molar-refractivity contribution in [3.8, 4) is 0 Å². The lowest BCUT2D eigenvalue weighted by Crippen LogP contribution is -2.27. The molecule has 0 fully saturated rings. The van der Waals surface area contributed by atoms with Crippen LogP contribution in [0.2, 0.25) is 0 Å². The zero-order valence-corrected chi connectivity index (χ0v) is 16.3. The van der Waals surface area contributed by atoms with E-state index in [0.717, 1.165) is 25.6 Å². The van der Waals surface area contributed by atoms with Gasteiger partial charge in [0.1, 0.15) is 0 Å². The normalized spacial score (nSPS) is 11.9. The third-order valence-electron chi connectivity index (χ3n) is 3.47. The number of benzene rings is 1. The topological polar surface area (TPSA) is 66.9 Å². The van der Waals surface area contributed by atoms with Crippen molar-refractivity contribution < 1.29 is 4.79 Å². The summed E-state index contributed by atoms with van der Waals surface area (Å²) in [7, 11) is 0. The molecule has 0 spiro atoms. The predicted molar refractivity (Wildman–Crippen MR) is 106 cm³/mol. The Balaban J connectivity index is 1.50. The third kappa shape index (κ3) is 5.04. The molecule has 130 valence electrons. The van der Waals surface area contributed by atoms with Gasteiger partial charge in [-0.2, -0.15) is 0 Å². The average Bonchev–Trinajstić information content (AvgIpc) is 3.27. The molecule has 2 heterocycles. The number of thiophene rings is 1. The molecule has 0 unspecified atom stereocenters. The number of nitrogens with zero attached hydrogens (tertiary/aromatic N) is 2. The lowest BCUT2D eigenvalue weighted by molar-refractivity contribution is -0.119. The Labute approximate surface area is 158 Å². The van der Waals surface area contributed by atoms with E-state index in [1.54, 1.807) is 11.3 Å². The van der Waals surface area contributed by atoms with Gasteiger partial charge in [0.2, 0.25) is 11.0 Å². The van der Waals surface area contributed by atoms with Gasteiger partial charge in [-0.1, -0.05) is 47.4 Å². The van der Waals surface area contributed by atoms with Crippen molar-refractivity contribution in [2.75, 3.05) is 11.1 Å². The Hall–Kier alpha value is -1.90. The number of carbonyl (C=O) groups excluding carboxylic acids is 1. The summed E-state index contributed by atoms with van der Waals surface area (Å²) in [5, 5.41) is 17.3. The van der Waals surface area contributed by atoms with Gasteiger partial charge in [-0.25, -0.2) is 0 Å². The van der Waals surface area contributed by atoms with Gasteiger partial charge in [0.25, 0.3) is 0 Å². The molecular weight excluding hydrogens is 372 g/mol. The van der Waals surface area contributed by atoms with E-state index in [2.05, 4.69) is 20.8 Å². The first-order valence-electron chi connectivity index (χ1n) is 7.73. The average molecular weight is 391 g/mol. The van der Waals surface area contributed by atoms with Crippen molar-refractivity contribution in [2.45, 2.75) is 24.2 Å². The van der Waals surface area contributed by atoms with Crippen LogP contribution in [0.25, 0.3) is 0 Å². The van der Waals surface area contributed by atoms with Crippen molar-refractivity contribution >= 4 is 51.2 Å². The van der Waals surface area contributed by atoms with Gasteiger partial charge in [0, 0.05) is 10.6 Å². The zero-order chi connectivity index (χ0) is 17.6. The fraction of sp³-hybridized carbons (Fsp3) is 0.235. The van der Waals surface area contributed by atoms with E-state index in [1.807, 2.05) is 55.6 Å². The van der Waals surface area contributed by atoms with Crippen molar-refractivity contribution in [1.82, 2.24) is 15.5 Å². The molecule has 1 amide bonds. The molecule has 0 saturated carbocycles. The summed E-state index contributed by atoms with van der Waals surface area (Å²) in [5.41, 5.74) is 2.16. The Morgan fingerprint density at radius 2 is 2.08 bits per heavy atom. The Kier molecular flexibility index (Phi) is 6.06. The Morgan fingerprint density at radius 3 is 2.84 bits per heavy atom. The van der Waals surface area contributed by atoms with E-state index in [-0.39, 0.29) is 11.9 Å². The van der Waals surface area contributed by atoms with Crippen molar-refractivity contribution in [2.24, 2.45) is 0 Å². The maximum Gasteiger partial charge on any atom is 0.230 e. The van der Waals surface area contributed by atoms with Crippen LogP contribution in [0.5, 0.6) is 0 Å². The summed E-state index contributed by atoms with van der Waals surface area (Å²) in [4.78, 5) is 13.2. The quantitative estimate of drug-likeness (QED) is 0.576. The van der Waals surface area contributed by atoms with Crippen LogP contribution in [-0.2, 0) is 4.79 Å². The van der Waals surface area contributed by atoms with Crippen LogP contribution in [0, 0.1) is 6.92 Å². The highest BCUT2D eigenvalue weighted by Crippen LogP contribution is 2.28. The van der Waals surface area contributed by atoms with Gasteiger partial charge < -0.3 is 10.6 Å². The predicted octanol–water partition coefficient (Wildman–Crippen LogP) is 4.62. The van der Waals surface area contributed by atoms with Crippen LogP contribution in [0.15, 0.2) is 46.1 Å². The van der Waals surface area contributed by atoms with Crippen LogP contribution in [0.4, 0.5) is 10.8 Å². The molecule has 5 nitrogen and oxygen atoms in total.